The van der Waals surface area contributed by atoms with Gasteiger partial charge in [0.1, 0.15) is 0 Å². The van der Waals surface area contributed by atoms with E-state index in [2.05, 4.69) is 17.3 Å². The number of anilines is 2. The van der Waals surface area contributed by atoms with Crippen molar-refractivity contribution < 1.29 is 9.53 Å². The summed E-state index contributed by atoms with van der Waals surface area (Å²) in [5, 5.41) is 3.37. The molecule has 1 aliphatic rings. The van der Waals surface area contributed by atoms with Crippen LogP contribution in [0, 0.1) is 5.92 Å². The number of nitrogens with two attached hydrogens (primary N) is 1. The number of nitrogens with zero attached hydrogens (tertiary/aromatic N) is 1. The fraction of sp³-hybridized carbons (Fsp3) is 0.533. The number of carbonyl (C=O) groups is 1. The fourth-order valence-corrected chi connectivity index (χ4v) is 2.51. The van der Waals surface area contributed by atoms with Crippen molar-refractivity contribution >= 4 is 17.3 Å². The van der Waals surface area contributed by atoms with Crippen molar-refractivity contribution in [2.24, 2.45) is 5.92 Å². The summed E-state index contributed by atoms with van der Waals surface area (Å²) in [7, 11) is 2.14. The smallest absolute Gasteiger partial charge is 0.338 e. The molecule has 5 heteroatoms. The maximum absolute atomic E-state index is 11.6. The van der Waals surface area contributed by atoms with Crippen LogP contribution in [0.5, 0.6) is 0 Å². The van der Waals surface area contributed by atoms with E-state index in [1.165, 1.54) is 6.42 Å². The molecule has 1 saturated heterocycles. The Kier molecular flexibility index (Phi) is 4.84. The van der Waals surface area contributed by atoms with Gasteiger partial charge in [-0.15, -0.1) is 0 Å². The minimum Gasteiger partial charge on any atom is -0.462 e. The Morgan fingerprint density at radius 2 is 2.35 bits per heavy atom. The fourth-order valence-electron chi connectivity index (χ4n) is 2.51. The molecule has 0 spiro atoms. The van der Waals surface area contributed by atoms with Crippen molar-refractivity contribution in [2.75, 3.05) is 44.3 Å². The highest BCUT2D eigenvalue weighted by molar-refractivity contribution is 5.91. The quantitative estimate of drug-likeness (QED) is 0.634. The first-order chi connectivity index (χ1) is 9.60. The zero-order valence-electron chi connectivity index (χ0n) is 12.2. The van der Waals surface area contributed by atoms with Crippen molar-refractivity contribution in [1.29, 1.82) is 0 Å². The first kappa shape index (κ1) is 14.7. The zero-order valence-corrected chi connectivity index (χ0v) is 12.2. The lowest BCUT2D eigenvalue weighted by molar-refractivity contribution is 0.0526. The monoisotopic (exact) mass is 277 g/mol. The topological polar surface area (TPSA) is 67.6 Å². The second kappa shape index (κ2) is 6.61. The maximum Gasteiger partial charge on any atom is 0.338 e. The van der Waals surface area contributed by atoms with Crippen molar-refractivity contribution in [3.8, 4) is 0 Å². The molecule has 20 heavy (non-hydrogen) atoms. The van der Waals surface area contributed by atoms with E-state index in [-0.39, 0.29) is 5.97 Å². The van der Waals surface area contributed by atoms with Gasteiger partial charge in [0.05, 0.1) is 23.5 Å². The molecule has 0 amide bonds. The van der Waals surface area contributed by atoms with E-state index in [1.807, 2.05) is 6.07 Å². The highest BCUT2D eigenvalue weighted by Crippen LogP contribution is 2.22. The van der Waals surface area contributed by atoms with Crippen LogP contribution in [0.2, 0.25) is 0 Å². The third-order valence-corrected chi connectivity index (χ3v) is 3.63. The van der Waals surface area contributed by atoms with Gasteiger partial charge in [-0.05, 0) is 51.1 Å². The van der Waals surface area contributed by atoms with E-state index in [4.69, 9.17) is 10.5 Å². The number of hydrogen-bond acceptors (Lipinski definition) is 5. The van der Waals surface area contributed by atoms with Crippen LogP contribution in [0.15, 0.2) is 18.2 Å². The summed E-state index contributed by atoms with van der Waals surface area (Å²) in [6, 6.07) is 5.26. The molecular weight excluding hydrogens is 254 g/mol. The molecule has 110 valence electrons. The second-order valence-corrected chi connectivity index (χ2v) is 5.32. The Morgan fingerprint density at radius 1 is 1.55 bits per heavy atom. The Labute approximate surface area is 120 Å². The molecular formula is C15H23N3O2. The maximum atomic E-state index is 11.6. The van der Waals surface area contributed by atoms with Crippen LogP contribution in [-0.4, -0.2) is 44.2 Å². The number of nitrogen functional groups attached to an aromatic ring is 1. The van der Waals surface area contributed by atoms with Gasteiger partial charge in [-0.3, -0.25) is 0 Å². The first-order valence-electron chi connectivity index (χ1n) is 7.09. The molecule has 1 aromatic rings. The molecule has 0 bridgehead atoms. The number of ether oxygens (including phenoxy) is 1. The minimum atomic E-state index is -0.330. The average molecular weight is 277 g/mol. The molecule has 5 nitrogen and oxygen atoms in total. The third kappa shape index (κ3) is 3.63. The molecule has 1 atom stereocenters. The van der Waals surface area contributed by atoms with Gasteiger partial charge < -0.3 is 20.7 Å². The van der Waals surface area contributed by atoms with Crippen LogP contribution in [0.1, 0.15) is 23.7 Å². The summed E-state index contributed by atoms with van der Waals surface area (Å²) in [6.07, 6.45) is 1.21. The lowest BCUT2D eigenvalue weighted by atomic mass is 10.1. The predicted molar refractivity (Wildman–Crippen MR) is 80.9 cm³/mol. The van der Waals surface area contributed by atoms with Gasteiger partial charge in [-0.25, -0.2) is 4.79 Å². The van der Waals surface area contributed by atoms with Gasteiger partial charge >= 0.3 is 5.97 Å². The third-order valence-electron chi connectivity index (χ3n) is 3.63. The summed E-state index contributed by atoms with van der Waals surface area (Å²) in [6.45, 7) is 5.34. The zero-order chi connectivity index (χ0) is 14.5. The highest BCUT2D eigenvalue weighted by Gasteiger charge is 2.19. The van der Waals surface area contributed by atoms with Crippen LogP contribution >= 0.6 is 0 Å². The Morgan fingerprint density at radius 3 is 2.95 bits per heavy atom. The summed E-state index contributed by atoms with van der Waals surface area (Å²) >= 11 is 0. The summed E-state index contributed by atoms with van der Waals surface area (Å²) < 4.78 is 4.96. The van der Waals surface area contributed by atoms with Gasteiger partial charge in [0.25, 0.3) is 0 Å². The van der Waals surface area contributed by atoms with E-state index in [9.17, 15) is 4.79 Å². The number of likely N-dealkylation sites (tertiary alicyclic amines) is 1. The predicted octanol–water partition coefficient (Wildman–Crippen LogP) is 1.81. The van der Waals surface area contributed by atoms with Crippen LogP contribution in [0.4, 0.5) is 11.4 Å². The van der Waals surface area contributed by atoms with Crippen LogP contribution in [-0.2, 0) is 4.74 Å². The molecule has 3 N–H and O–H groups in total. The summed E-state index contributed by atoms with van der Waals surface area (Å²) in [5.74, 6) is 0.326. The van der Waals surface area contributed by atoms with Gasteiger partial charge in [0.2, 0.25) is 0 Å². The summed E-state index contributed by atoms with van der Waals surface area (Å²) in [5.41, 5.74) is 7.95. The largest absolute Gasteiger partial charge is 0.462 e. The standard InChI is InChI=1S/C15H23N3O2/c1-3-20-15(19)12-4-5-14(13(16)8-12)17-9-11-6-7-18(2)10-11/h4-5,8,11,17H,3,6-7,9-10,16H2,1-2H3. The number of nitrogens with one attached hydrogen (secondary N) is 1. The van der Waals surface area contributed by atoms with Crippen LogP contribution in [0.3, 0.4) is 0 Å². The second-order valence-electron chi connectivity index (χ2n) is 5.32. The van der Waals surface area contributed by atoms with E-state index in [0.29, 0.717) is 23.8 Å². The first-order valence-corrected chi connectivity index (χ1v) is 7.09. The molecule has 1 unspecified atom stereocenters. The number of esters is 1. The SMILES string of the molecule is CCOC(=O)c1ccc(NCC2CCN(C)C2)c(N)c1. The van der Waals surface area contributed by atoms with Crippen LogP contribution < -0.4 is 11.1 Å². The molecule has 0 saturated carbocycles. The molecule has 1 heterocycles. The van der Waals surface area contributed by atoms with Gasteiger partial charge in [0, 0.05) is 13.1 Å². The van der Waals surface area contributed by atoms with Gasteiger partial charge in [-0.2, -0.15) is 0 Å². The Hall–Kier alpha value is -1.75. The molecule has 1 aliphatic heterocycles. The van der Waals surface area contributed by atoms with Crippen LogP contribution in [0.25, 0.3) is 0 Å². The lowest BCUT2D eigenvalue weighted by Gasteiger charge is -2.14. The van der Waals surface area contributed by atoms with Crippen molar-refractivity contribution in [3.05, 3.63) is 23.8 Å². The Bertz CT molecular complexity index is 476. The van der Waals surface area contributed by atoms with E-state index < -0.39 is 0 Å². The number of benzene rings is 1. The normalized spacial score (nSPS) is 19.0. The molecule has 2 rings (SSSR count). The van der Waals surface area contributed by atoms with Crippen molar-refractivity contribution in [1.82, 2.24) is 4.90 Å². The van der Waals surface area contributed by atoms with Crippen molar-refractivity contribution in [3.63, 3.8) is 0 Å². The Balaban J connectivity index is 1.94. The van der Waals surface area contributed by atoms with Gasteiger partial charge in [0.15, 0.2) is 0 Å². The molecule has 0 radical (unpaired) electrons. The highest BCUT2D eigenvalue weighted by atomic mass is 16.5. The molecule has 1 fully saturated rings. The molecule has 0 aliphatic carbocycles. The number of hydrogen-bond donors (Lipinski definition) is 2. The minimum absolute atomic E-state index is 0.330. The lowest BCUT2D eigenvalue weighted by Crippen LogP contribution is -2.19. The average Bonchev–Trinajstić information content (AvgIpc) is 2.83. The molecule has 0 aromatic heterocycles. The van der Waals surface area contributed by atoms with Gasteiger partial charge in [-0.1, -0.05) is 0 Å². The van der Waals surface area contributed by atoms with E-state index >= 15 is 0 Å². The van der Waals surface area contributed by atoms with E-state index in [0.717, 1.165) is 25.3 Å². The summed E-state index contributed by atoms with van der Waals surface area (Å²) in [4.78, 5) is 13.9. The van der Waals surface area contributed by atoms with Crippen molar-refractivity contribution in [2.45, 2.75) is 13.3 Å². The number of rotatable bonds is 5. The number of carbonyl (C=O) groups excluding carboxylic acids is 1. The van der Waals surface area contributed by atoms with E-state index in [1.54, 1.807) is 19.1 Å². The molecule has 1 aromatic carbocycles.